The molecule has 0 unspecified atom stereocenters. The van der Waals surface area contributed by atoms with Crippen molar-refractivity contribution in [3.63, 3.8) is 0 Å². The van der Waals surface area contributed by atoms with Crippen molar-refractivity contribution in [3.8, 4) is 0 Å². The van der Waals surface area contributed by atoms with Crippen LogP contribution in [0.5, 0.6) is 0 Å². The number of thioether (sulfide) groups is 1. The fourth-order valence-electron chi connectivity index (χ4n) is 2.90. The molecule has 2 aromatic carbocycles. The Morgan fingerprint density at radius 2 is 1.80 bits per heavy atom. The first kappa shape index (κ1) is 24.3. The lowest BCUT2D eigenvalue weighted by Crippen LogP contribution is -2.48. The second-order valence-electron chi connectivity index (χ2n) is 7.88. The van der Waals surface area contributed by atoms with Crippen LogP contribution < -0.4 is 5.32 Å². The van der Waals surface area contributed by atoms with E-state index in [4.69, 9.17) is 11.6 Å². The molecular weight excluding hydrogens is 416 g/mol. The number of carbonyl (C=O) groups is 2. The van der Waals surface area contributed by atoms with Crippen LogP contribution in [-0.2, 0) is 16.1 Å². The van der Waals surface area contributed by atoms with E-state index in [0.717, 1.165) is 10.5 Å². The van der Waals surface area contributed by atoms with Gasteiger partial charge < -0.3 is 10.2 Å². The second kappa shape index (κ2) is 12.0. The maximum Gasteiger partial charge on any atom is 0.242 e. The third kappa shape index (κ3) is 8.04. The molecule has 1 atom stereocenters. The molecular formula is C24H31ClN2O2S. The van der Waals surface area contributed by atoms with Crippen molar-refractivity contribution in [2.75, 3.05) is 12.3 Å². The summed E-state index contributed by atoms with van der Waals surface area (Å²) >= 11 is 7.76. The van der Waals surface area contributed by atoms with Gasteiger partial charge in [0, 0.05) is 35.2 Å². The maximum atomic E-state index is 13.1. The maximum absolute atomic E-state index is 13.1. The fourth-order valence-corrected chi connectivity index (χ4v) is 3.96. The predicted octanol–water partition coefficient (Wildman–Crippen LogP) is 5.32. The van der Waals surface area contributed by atoms with Crippen LogP contribution in [0.1, 0.15) is 38.3 Å². The zero-order chi connectivity index (χ0) is 22.1. The molecule has 0 fully saturated rings. The van der Waals surface area contributed by atoms with Crippen molar-refractivity contribution in [2.45, 2.75) is 51.6 Å². The molecule has 0 saturated heterocycles. The number of carbonyl (C=O) groups excluding carboxylic acids is 2. The van der Waals surface area contributed by atoms with E-state index in [2.05, 4.69) is 36.5 Å². The summed E-state index contributed by atoms with van der Waals surface area (Å²) in [4.78, 5) is 28.5. The monoisotopic (exact) mass is 446 g/mol. The number of hydrogen-bond acceptors (Lipinski definition) is 3. The van der Waals surface area contributed by atoms with Gasteiger partial charge in [-0.05, 0) is 49.6 Å². The van der Waals surface area contributed by atoms with Crippen molar-refractivity contribution in [2.24, 2.45) is 5.92 Å². The number of halogens is 1. The minimum absolute atomic E-state index is 0.0400. The molecule has 0 radical (unpaired) electrons. The molecule has 6 heteroatoms. The molecule has 0 bridgehead atoms. The molecule has 162 valence electrons. The van der Waals surface area contributed by atoms with E-state index in [0.29, 0.717) is 36.2 Å². The summed E-state index contributed by atoms with van der Waals surface area (Å²) in [7, 11) is 0. The number of amides is 2. The average molecular weight is 447 g/mol. The molecule has 4 nitrogen and oxygen atoms in total. The Balaban J connectivity index is 2.05. The number of hydrogen-bond donors (Lipinski definition) is 1. The Labute approximate surface area is 189 Å². The first-order valence-electron chi connectivity index (χ1n) is 10.3. The van der Waals surface area contributed by atoms with E-state index in [1.54, 1.807) is 29.7 Å². The smallest absolute Gasteiger partial charge is 0.242 e. The van der Waals surface area contributed by atoms with E-state index in [-0.39, 0.29) is 11.8 Å². The zero-order valence-corrected chi connectivity index (χ0v) is 19.7. The molecule has 2 aromatic rings. The Kier molecular flexibility index (Phi) is 9.73. The van der Waals surface area contributed by atoms with E-state index in [1.165, 1.54) is 5.56 Å². The van der Waals surface area contributed by atoms with E-state index in [9.17, 15) is 9.59 Å². The third-order valence-electron chi connectivity index (χ3n) is 4.70. The van der Waals surface area contributed by atoms with E-state index < -0.39 is 6.04 Å². The van der Waals surface area contributed by atoms with Crippen LogP contribution in [0.2, 0.25) is 5.02 Å². The van der Waals surface area contributed by atoms with Crippen LogP contribution in [0.25, 0.3) is 0 Å². The van der Waals surface area contributed by atoms with Crippen LogP contribution in [0.3, 0.4) is 0 Å². The van der Waals surface area contributed by atoms with E-state index >= 15 is 0 Å². The number of nitrogens with zero attached hydrogens (tertiary/aromatic N) is 1. The van der Waals surface area contributed by atoms with Crippen LogP contribution >= 0.6 is 23.4 Å². The molecule has 30 heavy (non-hydrogen) atoms. The summed E-state index contributed by atoms with van der Waals surface area (Å²) in [5, 5.41) is 3.55. The molecule has 0 heterocycles. The SMILES string of the molecule is Cc1ccc(SCCC(=O)N(Cc2cccc(Cl)c2)[C@H](C)C(=O)NCC(C)C)cc1. The van der Waals surface area contributed by atoms with Gasteiger partial charge in [-0.25, -0.2) is 0 Å². The summed E-state index contributed by atoms with van der Waals surface area (Å²) in [5.74, 6) is 0.838. The second-order valence-corrected chi connectivity index (χ2v) is 9.48. The highest BCUT2D eigenvalue weighted by molar-refractivity contribution is 7.99. The predicted molar refractivity (Wildman–Crippen MR) is 126 cm³/mol. The third-order valence-corrected chi connectivity index (χ3v) is 5.95. The molecule has 0 aliphatic carbocycles. The zero-order valence-electron chi connectivity index (χ0n) is 18.2. The van der Waals surface area contributed by atoms with Crippen LogP contribution in [0, 0.1) is 12.8 Å². The largest absolute Gasteiger partial charge is 0.354 e. The molecule has 1 N–H and O–H groups in total. The molecule has 0 aliphatic rings. The fraction of sp³-hybridized carbons (Fsp3) is 0.417. The van der Waals surface area contributed by atoms with Crippen LogP contribution in [0.15, 0.2) is 53.4 Å². The lowest BCUT2D eigenvalue weighted by atomic mass is 10.1. The number of nitrogens with one attached hydrogen (secondary N) is 1. The van der Waals surface area contributed by atoms with Gasteiger partial charge in [-0.15, -0.1) is 11.8 Å². The molecule has 0 aromatic heterocycles. The molecule has 2 amide bonds. The van der Waals surface area contributed by atoms with Gasteiger partial charge in [0.1, 0.15) is 6.04 Å². The topological polar surface area (TPSA) is 49.4 Å². The summed E-state index contributed by atoms with van der Waals surface area (Å²) < 4.78 is 0. The summed E-state index contributed by atoms with van der Waals surface area (Å²) in [6, 6.07) is 15.1. The highest BCUT2D eigenvalue weighted by Crippen LogP contribution is 2.21. The summed E-state index contributed by atoms with van der Waals surface area (Å²) in [6.07, 6.45) is 0.362. The van der Waals surface area contributed by atoms with Gasteiger partial charge in [0.2, 0.25) is 11.8 Å². The van der Waals surface area contributed by atoms with Gasteiger partial charge in [0.15, 0.2) is 0 Å². The van der Waals surface area contributed by atoms with Crippen LogP contribution in [0.4, 0.5) is 0 Å². The Bertz CT molecular complexity index is 839. The van der Waals surface area contributed by atoms with Gasteiger partial charge in [-0.2, -0.15) is 0 Å². The van der Waals surface area contributed by atoms with Gasteiger partial charge in [-0.3, -0.25) is 9.59 Å². The lowest BCUT2D eigenvalue weighted by Gasteiger charge is -2.29. The lowest BCUT2D eigenvalue weighted by molar-refractivity contribution is -0.140. The van der Waals surface area contributed by atoms with Crippen molar-refractivity contribution >= 4 is 35.2 Å². The normalized spacial score (nSPS) is 11.9. The first-order valence-corrected chi connectivity index (χ1v) is 11.6. The number of rotatable bonds is 10. The standard InChI is InChI=1S/C24H31ClN2O2S/c1-17(2)15-26-24(29)19(4)27(16-20-6-5-7-21(25)14-20)23(28)12-13-30-22-10-8-18(3)9-11-22/h5-11,14,17,19H,12-13,15-16H2,1-4H3,(H,26,29)/t19-/m1/s1. The molecule has 0 spiro atoms. The molecule has 0 aliphatic heterocycles. The Morgan fingerprint density at radius 3 is 2.43 bits per heavy atom. The molecule has 0 saturated carbocycles. The average Bonchev–Trinajstić information content (AvgIpc) is 2.71. The van der Waals surface area contributed by atoms with Crippen molar-refractivity contribution in [3.05, 3.63) is 64.7 Å². The first-order chi connectivity index (χ1) is 14.3. The van der Waals surface area contributed by atoms with Gasteiger partial charge in [-0.1, -0.05) is 55.3 Å². The van der Waals surface area contributed by atoms with E-state index in [1.807, 2.05) is 32.0 Å². The highest BCUT2D eigenvalue weighted by atomic mass is 35.5. The summed E-state index contributed by atoms with van der Waals surface area (Å²) in [6.45, 7) is 8.86. The number of benzene rings is 2. The quantitative estimate of drug-likeness (QED) is 0.502. The van der Waals surface area contributed by atoms with Gasteiger partial charge in [0.25, 0.3) is 0 Å². The highest BCUT2D eigenvalue weighted by Gasteiger charge is 2.26. The Hall–Kier alpha value is -1.98. The summed E-state index contributed by atoms with van der Waals surface area (Å²) in [5.41, 5.74) is 2.12. The molecule has 2 rings (SSSR count). The van der Waals surface area contributed by atoms with Gasteiger partial charge >= 0.3 is 0 Å². The van der Waals surface area contributed by atoms with Crippen molar-refractivity contribution < 1.29 is 9.59 Å². The Morgan fingerprint density at radius 1 is 1.10 bits per heavy atom. The van der Waals surface area contributed by atoms with Crippen molar-refractivity contribution in [1.82, 2.24) is 10.2 Å². The minimum Gasteiger partial charge on any atom is -0.354 e. The minimum atomic E-state index is -0.556. The number of aryl methyl sites for hydroxylation is 1. The van der Waals surface area contributed by atoms with Gasteiger partial charge in [0.05, 0.1) is 0 Å². The van der Waals surface area contributed by atoms with Crippen LogP contribution in [-0.4, -0.2) is 35.1 Å². The van der Waals surface area contributed by atoms with Crippen molar-refractivity contribution in [1.29, 1.82) is 0 Å².